The molecule has 0 heterocycles. The van der Waals surface area contributed by atoms with Crippen LogP contribution in [0, 0.1) is 18.7 Å². The molecular weight excluding hydrogens is 553 g/mol. The van der Waals surface area contributed by atoms with E-state index in [2.05, 4.69) is 5.32 Å². The minimum Gasteiger partial charge on any atom is -0.354 e. The van der Waals surface area contributed by atoms with Gasteiger partial charge in [-0.15, -0.1) is 0 Å². The number of aryl methyl sites for hydroxylation is 1. The van der Waals surface area contributed by atoms with Crippen LogP contribution in [0.15, 0.2) is 77.7 Å². The quantitative estimate of drug-likeness (QED) is 0.300. The second-order valence-electron chi connectivity index (χ2n) is 9.97. The third-order valence-corrected chi connectivity index (χ3v) is 8.59. The van der Waals surface area contributed by atoms with Gasteiger partial charge >= 0.3 is 0 Å². The number of nitrogens with zero attached hydrogens (tertiary/aromatic N) is 2. The average molecular weight is 588 g/mol. The Hall–Kier alpha value is -3.43. The summed E-state index contributed by atoms with van der Waals surface area (Å²) in [6, 6.07) is 17.3. The summed E-state index contributed by atoms with van der Waals surface area (Å²) in [5.41, 5.74) is 1.56. The number of halogens is 2. The zero-order valence-corrected chi connectivity index (χ0v) is 24.7. The van der Waals surface area contributed by atoms with Crippen LogP contribution < -0.4 is 9.62 Å². The van der Waals surface area contributed by atoms with Crippen molar-refractivity contribution in [3.05, 3.63) is 94.8 Å². The summed E-state index contributed by atoms with van der Waals surface area (Å²) >= 11 is 6.35. The highest BCUT2D eigenvalue weighted by Gasteiger charge is 2.33. The molecule has 3 aromatic rings. The van der Waals surface area contributed by atoms with Gasteiger partial charge in [-0.05, 0) is 66.8 Å². The fourth-order valence-corrected chi connectivity index (χ4v) is 5.72. The van der Waals surface area contributed by atoms with Crippen LogP contribution in [0.4, 0.5) is 10.1 Å². The lowest BCUT2D eigenvalue weighted by Gasteiger charge is -2.33. The molecule has 2 amide bonds. The lowest BCUT2D eigenvalue weighted by Crippen LogP contribution is -2.52. The number of rotatable bonds is 12. The van der Waals surface area contributed by atoms with Crippen LogP contribution in [0.5, 0.6) is 0 Å². The fourth-order valence-electron chi connectivity index (χ4n) is 4.11. The maximum atomic E-state index is 14.0. The Bertz CT molecular complexity index is 1420. The van der Waals surface area contributed by atoms with Gasteiger partial charge in [-0.2, -0.15) is 0 Å². The van der Waals surface area contributed by atoms with E-state index < -0.39 is 34.3 Å². The third-order valence-electron chi connectivity index (χ3n) is 6.39. The van der Waals surface area contributed by atoms with E-state index in [4.69, 9.17) is 11.6 Å². The molecule has 1 atom stereocenters. The van der Waals surface area contributed by atoms with E-state index in [1.165, 1.54) is 47.4 Å². The molecule has 0 spiro atoms. The first-order chi connectivity index (χ1) is 18.9. The smallest absolute Gasteiger partial charge is 0.264 e. The molecule has 1 unspecified atom stereocenters. The first-order valence-corrected chi connectivity index (χ1v) is 14.9. The van der Waals surface area contributed by atoms with E-state index in [0.717, 1.165) is 9.87 Å². The van der Waals surface area contributed by atoms with E-state index in [9.17, 15) is 22.4 Å². The second kappa shape index (κ2) is 13.8. The number of sulfonamides is 1. The molecule has 10 heteroatoms. The highest BCUT2D eigenvalue weighted by molar-refractivity contribution is 7.92. The summed E-state index contributed by atoms with van der Waals surface area (Å²) in [5.74, 6) is -1.17. The van der Waals surface area contributed by atoms with Gasteiger partial charge in [0.05, 0.1) is 10.6 Å². The minimum atomic E-state index is -4.19. The number of anilines is 1. The maximum absolute atomic E-state index is 14.0. The van der Waals surface area contributed by atoms with E-state index in [0.29, 0.717) is 23.6 Å². The van der Waals surface area contributed by atoms with Gasteiger partial charge in [0.15, 0.2) is 0 Å². The Kier molecular flexibility index (Phi) is 10.7. The van der Waals surface area contributed by atoms with Crippen LogP contribution in [0.2, 0.25) is 5.02 Å². The largest absolute Gasteiger partial charge is 0.354 e. The zero-order valence-electron chi connectivity index (χ0n) is 23.1. The van der Waals surface area contributed by atoms with Crippen molar-refractivity contribution in [1.29, 1.82) is 0 Å². The predicted octanol–water partition coefficient (Wildman–Crippen LogP) is 5.56. The van der Waals surface area contributed by atoms with Crippen molar-refractivity contribution in [2.24, 2.45) is 5.92 Å². The highest BCUT2D eigenvalue weighted by atomic mass is 35.5. The van der Waals surface area contributed by atoms with E-state index in [1.807, 2.05) is 13.8 Å². The number of benzene rings is 3. The van der Waals surface area contributed by atoms with Crippen LogP contribution in [-0.2, 0) is 26.2 Å². The molecule has 0 saturated carbocycles. The third kappa shape index (κ3) is 7.82. The number of carbonyl (C=O) groups excluding carboxylic acids is 2. The topological polar surface area (TPSA) is 86.8 Å². The lowest BCUT2D eigenvalue weighted by atomic mass is 10.1. The van der Waals surface area contributed by atoms with E-state index >= 15 is 0 Å². The number of nitrogens with one attached hydrogen (secondary N) is 1. The molecule has 0 saturated heterocycles. The Morgan fingerprint density at radius 2 is 1.65 bits per heavy atom. The van der Waals surface area contributed by atoms with Crippen molar-refractivity contribution in [2.45, 2.75) is 51.6 Å². The molecule has 7 nitrogen and oxygen atoms in total. The minimum absolute atomic E-state index is 0.00583. The first kappa shape index (κ1) is 31.1. The number of hydrogen-bond donors (Lipinski definition) is 1. The summed E-state index contributed by atoms with van der Waals surface area (Å²) in [6.07, 6.45) is 0.290. The molecule has 0 aliphatic heterocycles. The molecule has 1 N–H and O–H groups in total. The summed E-state index contributed by atoms with van der Waals surface area (Å²) in [7, 11) is -4.19. The lowest BCUT2D eigenvalue weighted by molar-refractivity contribution is -0.140. The Morgan fingerprint density at radius 3 is 2.23 bits per heavy atom. The normalized spacial score (nSPS) is 12.2. The van der Waals surface area contributed by atoms with Crippen LogP contribution in [0.25, 0.3) is 0 Å². The Balaban J connectivity index is 2.05. The van der Waals surface area contributed by atoms with Crippen molar-refractivity contribution in [3.63, 3.8) is 0 Å². The monoisotopic (exact) mass is 587 g/mol. The molecule has 0 fully saturated rings. The van der Waals surface area contributed by atoms with E-state index in [-0.39, 0.29) is 29.0 Å². The SMILES string of the molecule is CCC(C(=O)NCC(C)C)N(Cc1ccc(F)cc1)C(=O)CN(c1ccc(C)c(Cl)c1)S(=O)(=O)c1ccccc1. The molecule has 3 rings (SSSR count). The Morgan fingerprint density at radius 1 is 1.00 bits per heavy atom. The van der Waals surface area contributed by atoms with Gasteiger partial charge in [-0.25, -0.2) is 12.8 Å². The first-order valence-electron chi connectivity index (χ1n) is 13.1. The molecular formula is C30H35ClFN3O4S. The van der Waals surface area contributed by atoms with Crippen molar-refractivity contribution >= 4 is 39.1 Å². The highest BCUT2D eigenvalue weighted by Crippen LogP contribution is 2.28. The van der Waals surface area contributed by atoms with Gasteiger partial charge in [-0.3, -0.25) is 13.9 Å². The summed E-state index contributed by atoms with van der Waals surface area (Å²) in [4.78, 5) is 28.6. The standard InChI is InChI=1S/C30H35ClFN3O4S/c1-5-28(30(37)33-18-21(2)3)34(19-23-12-14-24(32)15-13-23)29(36)20-35(25-16-11-22(4)27(31)17-25)40(38,39)26-9-7-6-8-10-26/h6-17,21,28H,5,18-20H2,1-4H3,(H,33,37). The summed E-state index contributed by atoms with van der Waals surface area (Å²) in [6.45, 7) is 7.32. The van der Waals surface area contributed by atoms with Gasteiger partial charge in [0.2, 0.25) is 11.8 Å². The molecule has 0 aliphatic rings. The van der Waals surface area contributed by atoms with Crippen LogP contribution in [0.3, 0.4) is 0 Å². The van der Waals surface area contributed by atoms with Gasteiger partial charge in [-0.1, -0.05) is 68.8 Å². The molecule has 214 valence electrons. The molecule has 3 aromatic carbocycles. The molecule has 0 radical (unpaired) electrons. The zero-order chi connectivity index (χ0) is 29.4. The predicted molar refractivity (Wildman–Crippen MR) is 156 cm³/mol. The van der Waals surface area contributed by atoms with Gasteiger partial charge in [0.25, 0.3) is 10.0 Å². The van der Waals surface area contributed by atoms with Gasteiger partial charge in [0.1, 0.15) is 18.4 Å². The molecule has 0 aromatic heterocycles. The van der Waals surface area contributed by atoms with Crippen LogP contribution >= 0.6 is 11.6 Å². The number of hydrogen-bond acceptors (Lipinski definition) is 4. The summed E-state index contributed by atoms with van der Waals surface area (Å²) < 4.78 is 42.3. The molecule has 0 bridgehead atoms. The molecule has 0 aliphatic carbocycles. The van der Waals surface area contributed by atoms with Crippen molar-refractivity contribution in [1.82, 2.24) is 10.2 Å². The average Bonchev–Trinajstić information content (AvgIpc) is 2.93. The van der Waals surface area contributed by atoms with Gasteiger partial charge < -0.3 is 10.2 Å². The summed E-state index contributed by atoms with van der Waals surface area (Å²) in [5, 5.41) is 3.22. The van der Waals surface area contributed by atoms with Crippen molar-refractivity contribution in [3.8, 4) is 0 Å². The number of amides is 2. The van der Waals surface area contributed by atoms with Crippen LogP contribution in [-0.4, -0.2) is 44.3 Å². The van der Waals surface area contributed by atoms with E-state index in [1.54, 1.807) is 44.2 Å². The maximum Gasteiger partial charge on any atom is 0.264 e. The van der Waals surface area contributed by atoms with Gasteiger partial charge in [0, 0.05) is 18.1 Å². The van der Waals surface area contributed by atoms with Crippen molar-refractivity contribution < 1.29 is 22.4 Å². The fraction of sp³-hybridized carbons (Fsp3) is 0.333. The molecule has 40 heavy (non-hydrogen) atoms. The Labute approximate surface area is 241 Å². The number of carbonyl (C=O) groups is 2. The second-order valence-corrected chi connectivity index (χ2v) is 12.2. The van der Waals surface area contributed by atoms with Crippen molar-refractivity contribution in [2.75, 3.05) is 17.4 Å². The van der Waals surface area contributed by atoms with Crippen LogP contribution in [0.1, 0.15) is 38.3 Å².